The molecule has 94 valence electrons. The Morgan fingerprint density at radius 2 is 2.41 bits per heavy atom. The fourth-order valence-corrected chi connectivity index (χ4v) is 1.44. The van der Waals surface area contributed by atoms with Gasteiger partial charge >= 0.3 is 12.2 Å². The Bertz CT molecular complexity index is 342. The minimum absolute atomic E-state index is 0.0543. The van der Waals surface area contributed by atoms with Gasteiger partial charge in [0.2, 0.25) is 0 Å². The number of carboxylic acid groups (broad SMARTS) is 1. The van der Waals surface area contributed by atoms with E-state index in [-0.39, 0.29) is 13.2 Å². The van der Waals surface area contributed by atoms with Gasteiger partial charge in [-0.25, -0.2) is 20.4 Å². The predicted octanol–water partition coefficient (Wildman–Crippen LogP) is 0.403. The third-order valence-electron chi connectivity index (χ3n) is 2.25. The zero-order chi connectivity index (χ0) is 12.8. The zero-order valence-corrected chi connectivity index (χ0v) is 9.28. The normalized spacial score (nSPS) is 17.9. The Morgan fingerprint density at radius 3 is 3.00 bits per heavy atom. The summed E-state index contributed by atoms with van der Waals surface area (Å²) in [7, 11) is 0. The maximum atomic E-state index is 11.3. The molecule has 1 aliphatic rings. The van der Waals surface area contributed by atoms with Crippen LogP contribution in [0.3, 0.4) is 0 Å². The van der Waals surface area contributed by atoms with Crippen LogP contribution in [-0.4, -0.2) is 52.9 Å². The quantitative estimate of drug-likeness (QED) is 0.321. The SMILES string of the molecule is C=CCOC(=O)N(N)C[C@@H]1C=CCN1C(=O)O. The van der Waals surface area contributed by atoms with Crippen LogP contribution in [0.2, 0.25) is 0 Å². The zero-order valence-electron chi connectivity index (χ0n) is 9.28. The summed E-state index contributed by atoms with van der Waals surface area (Å²) >= 11 is 0. The predicted molar refractivity (Wildman–Crippen MR) is 60.1 cm³/mol. The van der Waals surface area contributed by atoms with Crippen LogP contribution in [0.4, 0.5) is 9.59 Å². The number of nitrogens with zero attached hydrogens (tertiary/aromatic N) is 2. The van der Waals surface area contributed by atoms with Gasteiger partial charge in [0, 0.05) is 6.54 Å². The highest BCUT2D eigenvalue weighted by Crippen LogP contribution is 2.10. The average molecular weight is 241 g/mol. The van der Waals surface area contributed by atoms with Gasteiger partial charge in [-0.15, -0.1) is 0 Å². The van der Waals surface area contributed by atoms with E-state index < -0.39 is 18.2 Å². The smallest absolute Gasteiger partial charge is 0.424 e. The summed E-state index contributed by atoms with van der Waals surface area (Å²) < 4.78 is 4.71. The van der Waals surface area contributed by atoms with Crippen molar-refractivity contribution in [1.29, 1.82) is 0 Å². The molecule has 0 saturated carbocycles. The number of carbonyl (C=O) groups excluding carboxylic acids is 1. The lowest BCUT2D eigenvalue weighted by Crippen LogP contribution is -2.48. The Kier molecular flexibility index (Phi) is 4.53. The van der Waals surface area contributed by atoms with E-state index in [1.807, 2.05) is 0 Å². The van der Waals surface area contributed by atoms with Crippen LogP contribution in [-0.2, 0) is 4.74 Å². The van der Waals surface area contributed by atoms with Crippen LogP contribution < -0.4 is 5.84 Å². The Balaban J connectivity index is 2.47. The van der Waals surface area contributed by atoms with E-state index >= 15 is 0 Å². The van der Waals surface area contributed by atoms with Crippen molar-refractivity contribution in [3.05, 3.63) is 24.8 Å². The lowest BCUT2D eigenvalue weighted by Gasteiger charge is -2.25. The van der Waals surface area contributed by atoms with Gasteiger partial charge in [-0.05, 0) is 0 Å². The van der Waals surface area contributed by atoms with E-state index in [9.17, 15) is 9.59 Å². The number of nitrogens with two attached hydrogens (primary N) is 1. The van der Waals surface area contributed by atoms with Crippen molar-refractivity contribution < 1.29 is 19.4 Å². The van der Waals surface area contributed by atoms with Gasteiger partial charge in [0.1, 0.15) is 6.61 Å². The molecule has 0 aromatic carbocycles. The molecule has 7 nitrogen and oxygen atoms in total. The van der Waals surface area contributed by atoms with Crippen molar-refractivity contribution >= 4 is 12.2 Å². The van der Waals surface area contributed by atoms with Gasteiger partial charge in [0.25, 0.3) is 0 Å². The van der Waals surface area contributed by atoms with Crippen LogP contribution in [0.15, 0.2) is 24.8 Å². The lowest BCUT2D eigenvalue weighted by molar-refractivity contribution is 0.0976. The molecule has 0 saturated heterocycles. The molecule has 0 fully saturated rings. The molecule has 0 aromatic rings. The Labute approximate surface area is 98.7 Å². The van der Waals surface area contributed by atoms with Crippen molar-refractivity contribution in [1.82, 2.24) is 9.91 Å². The Morgan fingerprint density at radius 1 is 1.71 bits per heavy atom. The molecular weight excluding hydrogens is 226 g/mol. The first kappa shape index (κ1) is 13.0. The topological polar surface area (TPSA) is 96.1 Å². The largest absolute Gasteiger partial charge is 0.465 e. The van der Waals surface area contributed by atoms with E-state index in [2.05, 4.69) is 6.58 Å². The molecule has 1 heterocycles. The lowest BCUT2D eigenvalue weighted by atomic mass is 10.3. The van der Waals surface area contributed by atoms with Crippen LogP contribution in [0, 0.1) is 0 Å². The van der Waals surface area contributed by atoms with Crippen molar-refractivity contribution in [3.8, 4) is 0 Å². The summed E-state index contributed by atoms with van der Waals surface area (Å²) in [5.74, 6) is 5.47. The highest BCUT2D eigenvalue weighted by molar-refractivity contribution is 5.68. The molecule has 0 bridgehead atoms. The first-order valence-corrected chi connectivity index (χ1v) is 5.02. The molecule has 0 unspecified atom stereocenters. The van der Waals surface area contributed by atoms with Gasteiger partial charge in [-0.3, -0.25) is 4.90 Å². The first-order valence-electron chi connectivity index (χ1n) is 5.02. The number of amides is 2. The third-order valence-corrected chi connectivity index (χ3v) is 2.25. The average Bonchev–Trinajstić information content (AvgIpc) is 2.73. The van der Waals surface area contributed by atoms with Crippen molar-refractivity contribution in [2.45, 2.75) is 6.04 Å². The highest BCUT2D eigenvalue weighted by atomic mass is 16.6. The number of hydrazine groups is 1. The third kappa shape index (κ3) is 3.49. The first-order chi connectivity index (χ1) is 8.06. The summed E-state index contributed by atoms with van der Waals surface area (Å²) in [6.45, 7) is 3.82. The second-order valence-corrected chi connectivity index (χ2v) is 3.45. The summed E-state index contributed by atoms with van der Waals surface area (Å²) in [6.07, 6.45) is 3.06. The molecule has 17 heavy (non-hydrogen) atoms. The molecule has 1 atom stereocenters. The fraction of sp³-hybridized carbons (Fsp3) is 0.400. The van der Waals surface area contributed by atoms with Crippen LogP contribution in [0.5, 0.6) is 0 Å². The van der Waals surface area contributed by atoms with E-state index in [0.29, 0.717) is 6.54 Å². The second-order valence-electron chi connectivity index (χ2n) is 3.45. The summed E-state index contributed by atoms with van der Waals surface area (Å²) in [4.78, 5) is 23.3. The van der Waals surface area contributed by atoms with E-state index in [4.69, 9.17) is 15.7 Å². The van der Waals surface area contributed by atoms with Gasteiger partial charge in [0.05, 0.1) is 12.6 Å². The van der Waals surface area contributed by atoms with Crippen molar-refractivity contribution in [3.63, 3.8) is 0 Å². The molecular formula is C10H15N3O4. The summed E-state index contributed by atoms with van der Waals surface area (Å²) in [5.41, 5.74) is 0. The second kappa shape index (κ2) is 5.90. The molecule has 3 N–H and O–H groups in total. The fourth-order valence-electron chi connectivity index (χ4n) is 1.44. The number of ether oxygens (including phenoxy) is 1. The molecule has 7 heteroatoms. The molecule has 0 aromatic heterocycles. The molecule has 0 radical (unpaired) electrons. The van der Waals surface area contributed by atoms with Crippen LogP contribution in [0.25, 0.3) is 0 Å². The maximum absolute atomic E-state index is 11.3. The van der Waals surface area contributed by atoms with Gasteiger partial charge < -0.3 is 9.84 Å². The highest BCUT2D eigenvalue weighted by Gasteiger charge is 2.27. The van der Waals surface area contributed by atoms with Crippen LogP contribution >= 0.6 is 0 Å². The minimum Gasteiger partial charge on any atom is -0.465 e. The number of carbonyl (C=O) groups is 2. The summed E-state index contributed by atoms with van der Waals surface area (Å²) in [5, 5.41) is 9.72. The monoisotopic (exact) mass is 241 g/mol. The van der Waals surface area contributed by atoms with E-state index in [1.54, 1.807) is 12.2 Å². The molecule has 1 rings (SSSR count). The van der Waals surface area contributed by atoms with Gasteiger partial charge in [-0.2, -0.15) is 0 Å². The number of rotatable bonds is 4. The van der Waals surface area contributed by atoms with Crippen molar-refractivity contribution in [2.24, 2.45) is 5.84 Å². The van der Waals surface area contributed by atoms with Gasteiger partial charge in [-0.1, -0.05) is 24.8 Å². The molecule has 2 amide bonds. The van der Waals surface area contributed by atoms with Crippen LogP contribution in [0.1, 0.15) is 0 Å². The maximum Gasteiger partial charge on any atom is 0.424 e. The summed E-state index contributed by atoms with van der Waals surface area (Å²) in [6, 6.07) is -0.436. The number of hydrogen-bond donors (Lipinski definition) is 2. The van der Waals surface area contributed by atoms with Gasteiger partial charge in [0.15, 0.2) is 0 Å². The Hall–Kier alpha value is -2.02. The molecule has 1 aliphatic heterocycles. The van der Waals surface area contributed by atoms with E-state index in [0.717, 1.165) is 5.01 Å². The minimum atomic E-state index is -1.05. The molecule has 0 aliphatic carbocycles. The number of hydrogen-bond acceptors (Lipinski definition) is 4. The standard InChI is InChI=1S/C10H15N3O4/c1-2-6-17-10(16)13(11)7-8-4-3-5-12(8)9(14)15/h2-4,8H,1,5-7,11H2,(H,14,15)/t8-/m0/s1. The van der Waals surface area contributed by atoms with E-state index in [1.165, 1.54) is 11.0 Å². The van der Waals surface area contributed by atoms with Crippen molar-refractivity contribution in [2.75, 3.05) is 19.7 Å². The molecule has 0 spiro atoms.